The Morgan fingerprint density at radius 2 is 1.45 bits per heavy atom. The Hall–Kier alpha value is -4.25. The molecule has 0 fully saturated rings. The molecule has 1 N–H and O–H groups in total. The van der Waals surface area contributed by atoms with Gasteiger partial charge in [-0.2, -0.15) is 0 Å². The van der Waals surface area contributed by atoms with Crippen molar-refractivity contribution < 1.29 is 14.0 Å². The van der Waals surface area contributed by atoms with Crippen LogP contribution >= 0.6 is 0 Å². The zero-order valence-electron chi connectivity index (χ0n) is 18.2. The van der Waals surface area contributed by atoms with Crippen molar-refractivity contribution in [3.05, 3.63) is 113 Å². The van der Waals surface area contributed by atoms with Gasteiger partial charge in [0, 0.05) is 11.1 Å². The number of halogens is 1. The van der Waals surface area contributed by atoms with Gasteiger partial charge in [-0.25, -0.2) is 9.29 Å². The van der Waals surface area contributed by atoms with Crippen LogP contribution in [0.1, 0.15) is 16.7 Å². The number of benzene rings is 4. The zero-order valence-corrected chi connectivity index (χ0v) is 18.2. The molecule has 2 amide bonds. The summed E-state index contributed by atoms with van der Waals surface area (Å²) in [5, 5.41) is 5.17. The van der Waals surface area contributed by atoms with Crippen LogP contribution in [0.4, 0.5) is 15.8 Å². The number of aryl methyl sites for hydroxylation is 1. The first-order valence-electron chi connectivity index (χ1n) is 10.7. The largest absolute Gasteiger partial charge is 0.350 e. The second-order valence-corrected chi connectivity index (χ2v) is 8.07. The van der Waals surface area contributed by atoms with Crippen molar-refractivity contribution in [2.24, 2.45) is 0 Å². The summed E-state index contributed by atoms with van der Waals surface area (Å²) in [5.41, 5.74) is 3.95. The number of anilines is 2. The fourth-order valence-electron chi connectivity index (χ4n) is 4.20. The first kappa shape index (κ1) is 20.6. The molecule has 162 valence electrons. The lowest BCUT2D eigenvalue weighted by atomic mass is 10.0. The molecule has 0 aromatic heterocycles. The average molecular weight is 436 g/mol. The van der Waals surface area contributed by atoms with Crippen molar-refractivity contribution in [3.8, 4) is 0 Å². The highest BCUT2D eigenvalue weighted by Gasteiger charge is 2.41. The standard InChI is InChI=1S/C28H21FN2O2/c1-17-7-5-12-24(18(17)2)31-27(32)25(20-13-15-21(29)16-14-20)26(28(31)33)30-23-11-6-9-19-8-3-4-10-22(19)23/h3-16,30H,1-2H3. The number of imide groups is 1. The van der Waals surface area contributed by atoms with E-state index in [2.05, 4.69) is 5.32 Å². The summed E-state index contributed by atoms with van der Waals surface area (Å²) in [6.07, 6.45) is 0. The Kier molecular flexibility index (Phi) is 5.02. The molecule has 33 heavy (non-hydrogen) atoms. The van der Waals surface area contributed by atoms with Gasteiger partial charge in [-0.15, -0.1) is 0 Å². The number of carbonyl (C=O) groups excluding carboxylic acids is 2. The van der Waals surface area contributed by atoms with E-state index in [1.165, 1.54) is 29.2 Å². The minimum atomic E-state index is -0.444. The topological polar surface area (TPSA) is 49.4 Å². The summed E-state index contributed by atoms with van der Waals surface area (Å²) >= 11 is 0. The molecule has 4 aromatic carbocycles. The molecular formula is C28H21FN2O2. The SMILES string of the molecule is Cc1cccc(N2C(=O)C(Nc3cccc4ccccc34)=C(c3ccc(F)cc3)C2=O)c1C. The smallest absolute Gasteiger partial charge is 0.282 e. The molecule has 5 rings (SSSR count). The Labute approximate surface area is 191 Å². The van der Waals surface area contributed by atoms with Gasteiger partial charge >= 0.3 is 0 Å². The minimum absolute atomic E-state index is 0.170. The average Bonchev–Trinajstić information content (AvgIpc) is 3.06. The van der Waals surface area contributed by atoms with Crippen molar-refractivity contribution in [2.75, 3.05) is 10.2 Å². The summed E-state index contributed by atoms with van der Waals surface area (Å²) in [6, 6.07) is 24.7. The first-order valence-corrected chi connectivity index (χ1v) is 10.7. The molecule has 4 aromatic rings. The number of hydrogen-bond donors (Lipinski definition) is 1. The highest BCUT2D eigenvalue weighted by atomic mass is 19.1. The van der Waals surface area contributed by atoms with Crippen molar-refractivity contribution in [2.45, 2.75) is 13.8 Å². The molecule has 1 heterocycles. The van der Waals surface area contributed by atoms with Crippen LogP contribution in [0.3, 0.4) is 0 Å². The van der Waals surface area contributed by atoms with Gasteiger partial charge in [-0.3, -0.25) is 9.59 Å². The van der Waals surface area contributed by atoms with Crippen molar-refractivity contribution in [1.29, 1.82) is 0 Å². The molecule has 4 nitrogen and oxygen atoms in total. The zero-order chi connectivity index (χ0) is 23.1. The summed E-state index contributed by atoms with van der Waals surface area (Å²) in [5.74, 6) is -1.30. The van der Waals surface area contributed by atoms with Gasteiger partial charge in [0.25, 0.3) is 11.8 Å². The second kappa shape index (κ2) is 8.02. The fraction of sp³-hybridized carbons (Fsp3) is 0.0714. The summed E-state index contributed by atoms with van der Waals surface area (Å²) in [7, 11) is 0. The predicted molar refractivity (Wildman–Crippen MR) is 129 cm³/mol. The lowest BCUT2D eigenvalue weighted by molar-refractivity contribution is -0.120. The molecule has 1 aliphatic rings. The van der Waals surface area contributed by atoms with E-state index in [0.29, 0.717) is 16.9 Å². The van der Waals surface area contributed by atoms with Gasteiger partial charge in [0.1, 0.15) is 11.5 Å². The van der Waals surface area contributed by atoms with Crippen molar-refractivity contribution >= 4 is 39.5 Å². The second-order valence-electron chi connectivity index (χ2n) is 8.07. The molecular weight excluding hydrogens is 415 g/mol. The van der Waals surface area contributed by atoms with Crippen molar-refractivity contribution in [3.63, 3.8) is 0 Å². The lowest BCUT2D eigenvalue weighted by Crippen LogP contribution is -2.33. The predicted octanol–water partition coefficient (Wildman–Crippen LogP) is 5.99. The third kappa shape index (κ3) is 3.48. The van der Waals surface area contributed by atoms with Crippen LogP contribution in [-0.4, -0.2) is 11.8 Å². The van der Waals surface area contributed by atoms with Crippen LogP contribution < -0.4 is 10.2 Å². The summed E-state index contributed by atoms with van der Waals surface area (Å²) < 4.78 is 13.6. The first-order chi connectivity index (χ1) is 16.0. The maximum absolute atomic E-state index is 13.7. The van der Waals surface area contributed by atoms with E-state index in [1.807, 2.05) is 68.4 Å². The van der Waals surface area contributed by atoms with Gasteiger partial charge in [0.2, 0.25) is 0 Å². The number of nitrogens with one attached hydrogen (secondary N) is 1. The molecule has 0 saturated carbocycles. The Bertz CT molecular complexity index is 1450. The van der Waals surface area contributed by atoms with E-state index in [9.17, 15) is 14.0 Å². The van der Waals surface area contributed by atoms with Gasteiger partial charge < -0.3 is 5.32 Å². The lowest BCUT2D eigenvalue weighted by Gasteiger charge is -2.19. The minimum Gasteiger partial charge on any atom is -0.350 e. The molecule has 0 unspecified atom stereocenters. The highest BCUT2D eigenvalue weighted by molar-refractivity contribution is 6.46. The van der Waals surface area contributed by atoms with Gasteiger partial charge in [0.05, 0.1) is 11.3 Å². The monoisotopic (exact) mass is 436 g/mol. The number of fused-ring (bicyclic) bond motifs is 1. The maximum Gasteiger partial charge on any atom is 0.282 e. The van der Waals surface area contributed by atoms with Crippen LogP contribution in [-0.2, 0) is 9.59 Å². The van der Waals surface area contributed by atoms with E-state index < -0.39 is 17.6 Å². The molecule has 0 spiro atoms. The van der Waals surface area contributed by atoms with Crippen LogP contribution in [0.15, 0.2) is 90.6 Å². The Balaban J connectivity index is 1.68. The molecule has 0 radical (unpaired) electrons. The number of amides is 2. The summed E-state index contributed by atoms with van der Waals surface area (Å²) in [6.45, 7) is 3.83. The van der Waals surface area contributed by atoms with Crippen LogP contribution in [0.25, 0.3) is 16.3 Å². The van der Waals surface area contributed by atoms with E-state index in [0.717, 1.165) is 21.9 Å². The Morgan fingerprint density at radius 1 is 0.758 bits per heavy atom. The third-order valence-corrected chi connectivity index (χ3v) is 6.08. The molecule has 0 atom stereocenters. The normalized spacial score (nSPS) is 13.8. The number of nitrogens with zero attached hydrogens (tertiary/aromatic N) is 1. The Morgan fingerprint density at radius 3 is 2.24 bits per heavy atom. The van der Waals surface area contributed by atoms with Gasteiger partial charge in [-0.1, -0.05) is 60.7 Å². The third-order valence-electron chi connectivity index (χ3n) is 6.08. The highest BCUT2D eigenvalue weighted by Crippen LogP contribution is 2.36. The summed E-state index contributed by atoms with van der Waals surface area (Å²) in [4.78, 5) is 28.5. The van der Waals surface area contributed by atoms with E-state index in [-0.39, 0.29) is 11.3 Å². The van der Waals surface area contributed by atoms with Crippen LogP contribution in [0.5, 0.6) is 0 Å². The number of hydrogen-bond acceptors (Lipinski definition) is 3. The van der Waals surface area contributed by atoms with Gasteiger partial charge in [0.15, 0.2) is 0 Å². The number of rotatable bonds is 4. The maximum atomic E-state index is 13.7. The van der Waals surface area contributed by atoms with Crippen LogP contribution in [0, 0.1) is 19.7 Å². The molecule has 5 heteroatoms. The fourth-order valence-corrected chi connectivity index (χ4v) is 4.20. The number of carbonyl (C=O) groups is 2. The molecule has 1 aliphatic heterocycles. The molecule has 0 aliphatic carbocycles. The van der Waals surface area contributed by atoms with E-state index >= 15 is 0 Å². The van der Waals surface area contributed by atoms with Crippen LogP contribution in [0.2, 0.25) is 0 Å². The molecule has 0 bridgehead atoms. The van der Waals surface area contributed by atoms with E-state index in [4.69, 9.17) is 0 Å². The quantitative estimate of drug-likeness (QED) is 0.400. The van der Waals surface area contributed by atoms with Crippen molar-refractivity contribution in [1.82, 2.24) is 0 Å². The van der Waals surface area contributed by atoms with E-state index in [1.54, 1.807) is 6.07 Å². The molecule has 0 saturated heterocycles. The van der Waals surface area contributed by atoms with Gasteiger partial charge in [-0.05, 0) is 60.2 Å².